The summed E-state index contributed by atoms with van der Waals surface area (Å²) in [7, 11) is 0. The lowest BCUT2D eigenvalue weighted by Gasteiger charge is -2.07. The fourth-order valence-electron chi connectivity index (χ4n) is 1.18. The van der Waals surface area contributed by atoms with Crippen LogP contribution in [-0.2, 0) is 0 Å². The Morgan fingerprint density at radius 2 is 2.06 bits per heavy atom. The van der Waals surface area contributed by atoms with Crippen molar-refractivity contribution in [1.29, 1.82) is 0 Å². The highest BCUT2D eigenvalue weighted by Gasteiger charge is 2.01. The Kier molecular flexibility index (Phi) is 4.05. The van der Waals surface area contributed by atoms with Gasteiger partial charge in [0.25, 0.3) is 0 Å². The van der Waals surface area contributed by atoms with E-state index >= 15 is 0 Å². The van der Waals surface area contributed by atoms with Crippen molar-refractivity contribution in [1.82, 2.24) is 4.98 Å². The number of pyridine rings is 1. The molecule has 0 aliphatic carbocycles. The topological polar surface area (TPSA) is 24.9 Å². The molecule has 0 unspecified atom stereocenters. The van der Waals surface area contributed by atoms with Crippen LogP contribution < -0.4 is 5.32 Å². The minimum Gasteiger partial charge on any atom is -0.339 e. The average molecular weight is 409 g/mol. The molecule has 0 saturated carbocycles. The van der Waals surface area contributed by atoms with Gasteiger partial charge in [0.2, 0.25) is 0 Å². The maximum absolute atomic E-state index is 6.11. The first-order valence-electron chi connectivity index (χ1n) is 4.49. The lowest BCUT2D eigenvalue weighted by atomic mass is 10.3. The maximum Gasteiger partial charge on any atom is 0.130 e. The van der Waals surface area contributed by atoms with E-state index in [2.05, 4.69) is 48.8 Å². The molecule has 1 aromatic carbocycles. The minimum atomic E-state index is 0.691. The number of benzene rings is 1. The molecule has 0 aliphatic rings. The van der Waals surface area contributed by atoms with Crippen LogP contribution in [0.2, 0.25) is 5.02 Å². The normalized spacial score (nSPS) is 10.2. The van der Waals surface area contributed by atoms with Gasteiger partial charge in [0, 0.05) is 14.2 Å². The van der Waals surface area contributed by atoms with Crippen LogP contribution in [0, 0.1) is 3.57 Å². The highest BCUT2D eigenvalue weighted by atomic mass is 127. The number of hydrogen-bond donors (Lipinski definition) is 1. The van der Waals surface area contributed by atoms with Crippen molar-refractivity contribution in [3.05, 3.63) is 49.6 Å². The molecule has 1 heterocycles. The first kappa shape index (κ1) is 12.1. The minimum absolute atomic E-state index is 0.691. The summed E-state index contributed by atoms with van der Waals surface area (Å²) in [5.74, 6) is 0.770. The summed E-state index contributed by atoms with van der Waals surface area (Å²) in [6.07, 6.45) is 1.74. The second kappa shape index (κ2) is 5.33. The van der Waals surface area contributed by atoms with E-state index in [-0.39, 0.29) is 0 Å². The largest absolute Gasteiger partial charge is 0.339 e. The number of nitrogens with one attached hydrogen (secondary N) is 1. The van der Waals surface area contributed by atoms with E-state index in [0.29, 0.717) is 5.02 Å². The third-order valence-electron chi connectivity index (χ3n) is 1.92. The summed E-state index contributed by atoms with van der Waals surface area (Å²) in [5.41, 5.74) is 0.858. The SMILES string of the molecule is Clc1cc(I)ccc1Nc1ccc(Br)cn1. The number of nitrogens with zero attached hydrogens (tertiary/aromatic N) is 1. The number of halogens is 3. The molecule has 0 amide bonds. The van der Waals surface area contributed by atoms with Gasteiger partial charge in [0.1, 0.15) is 5.82 Å². The fourth-order valence-corrected chi connectivity index (χ4v) is 2.32. The Labute approximate surface area is 121 Å². The van der Waals surface area contributed by atoms with Crippen molar-refractivity contribution >= 4 is 61.6 Å². The van der Waals surface area contributed by atoms with Crippen LogP contribution >= 0.6 is 50.1 Å². The smallest absolute Gasteiger partial charge is 0.130 e. The molecule has 0 spiro atoms. The van der Waals surface area contributed by atoms with Gasteiger partial charge in [0.15, 0.2) is 0 Å². The molecule has 0 fully saturated rings. The Morgan fingerprint density at radius 3 is 2.69 bits per heavy atom. The van der Waals surface area contributed by atoms with Gasteiger partial charge >= 0.3 is 0 Å². The summed E-state index contributed by atoms with van der Waals surface area (Å²) in [6, 6.07) is 9.65. The van der Waals surface area contributed by atoms with Crippen molar-refractivity contribution in [2.45, 2.75) is 0 Å². The highest BCUT2D eigenvalue weighted by Crippen LogP contribution is 2.26. The van der Waals surface area contributed by atoms with E-state index in [1.54, 1.807) is 6.20 Å². The molecular weight excluding hydrogens is 402 g/mol. The third-order valence-corrected chi connectivity index (χ3v) is 3.37. The predicted molar refractivity (Wildman–Crippen MR) is 79.4 cm³/mol. The fraction of sp³-hybridized carbons (Fsp3) is 0. The molecule has 1 aromatic heterocycles. The van der Waals surface area contributed by atoms with Crippen molar-refractivity contribution in [3.63, 3.8) is 0 Å². The van der Waals surface area contributed by atoms with Gasteiger partial charge in [0.05, 0.1) is 10.7 Å². The second-order valence-electron chi connectivity index (χ2n) is 3.11. The molecule has 2 nitrogen and oxygen atoms in total. The zero-order valence-corrected chi connectivity index (χ0v) is 12.5. The molecule has 5 heteroatoms. The third kappa shape index (κ3) is 3.09. The van der Waals surface area contributed by atoms with E-state index in [0.717, 1.165) is 19.5 Å². The highest BCUT2D eigenvalue weighted by molar-refractivity contribution is 14.1. The van der Waals surface area contributed by atoms with Crippen LogP contribution in [0.3, 0.4) is 0 Å². The number of rotatable bonds is 2. The Bertz CT molecular complexity index is 502. The van der Waals surface area contributed by atoms with Crippen molar-refractivity contribution in [2.24, 2.45) is 0 Å². The zero-order chi connectivity index (χ0) is 11.5. The molecule has 0 saturated heterocycles. The summed E-state index contributed by atoms with van der Waals surface area (Å²) in [5, 5.41) is 3.85. The molecule has 82 valence electrons. The lowest BCUT2D eigenvalue weighted by Crippen LogP contribution is -1.93. The predicted octanol–water partition coefficient (Wildman–Crippen LogP) is 4.85. The van der Waals surface area contributed by atoms with E-state index in [4.69, 9.17) is 11.6 Å². The van der Waals surface area contributed by atoms with Crippen LogP contribution in [0.4, 0.5) is 11.5 Å². The monoisotopic (exact) mass is 408 g/mol. The van der Waals surface area contributed by atoms with Crippen LogP contribution in [0.15, 0.2) is 41.0 Å². The van der Waals surface area contributed by atoms with Gasteiger partial charge in [-0.15, -0.1) is 0 Å². The second-order valence-corrected chi connectivity index (χ2v) is 5.68. The van der Waals surface area contributed by atoms with Crippen molar-refractivity contribution in [3.8, 4) is 0 Å². The first-order valence-corrected chi connectivity index (χ1v) is 6.74. The lowest BCUT2D eigenvalue weighted by molar-refractivity contribution is 1.29. The Morgan fingerprint density at radius 1 is 1.25 bits per heavy atom. The summed E-state index contributed by atoms with van der Waals surface area (Å²) >= 11 is 11.7. The van der Waals surface area contributed by atoms with Gasteiger partial charge in [-0.05, 0) is 68.9 Å². The summed E-state index contributed by atoms with van der Waals surface area (Å²) in [6.45, 7) is 0. The quantitative estimate of drug-likeness (QED) is 0.718. The van der Waals surface area contributed by atoms with E-state index in [1.165, 1.54) is 0 Å². The summed E-state index contributed by atoms with van der Waals surface area (Å²) in [4.78, 5) is 4.22. The Hall–Kier alpha value is -0.330. The van der Waals surface area contributed by atoms with E-state index in [1.807, 2.05) is 30.3 Å². The molecule has 0 radical (unpaired) electrons. The van der Waals surface area contributed by atoms with Crippen molar-refractivity contribution < 1.29 is 0 Å². The summed E-state index contributed by atoms with van der Waals surface area (Å²) < 4.78 is 2.06. The average Bonchev–Trinajstić information content (AvgIpc) is 2.25. The maximum atomic E-state index is 6.11. The number of anilines is 2. The Balaban J connectivity index is 2.23. The van der Waals surface area contributed by atoms with Gasteiger partial charge in [-0.1, -0.05) is 11.6 Å². The molecular formula is C11H7BrClIN2. The molecule has 0 atom stereocenters. The number of aromatic nitrogens is 1. The van der Waals surface area contributed by atoms with Crippen LogP contribution in [0.5, 0.6) is 0 Å². The van der Waals surface area contributed by atoms with Gasteiger partial charge < -0.3 is 5.32 Å². The first-order chi connectivity index (χ1) is 7.65. The van der Waals surface area contributed by atoms with Crippen LogP contribution in [0.1, 0.15) is 0 Å². The number of hydrogen-bond acceptors (Lipinski definition) is 2. The molecule has 16 heavy (non-hydrogen) atoms. The van der Waals surface area contributed by atoms with Gasteiger partial charge in [-0.2, -0.15) is 0 Å². The molecule has 2 rings (SSSR count). The van der Waals surface area contributed by atoms with Crippen molar-refractivity contribution in [2.75, 3.05) is 5.32 Å². The molecule has 0 aliphatic heterocycles. The molecule has 1 N–H and O–H groups in total. The van der Waals surface area contributed by atoms with E-state index in [9.17, 15) is 0 Å². The van der Waals surface area contributed by atoms with Gasteiger partial charge in [-0.25, -0.2) is 4.98 Å². The standard InChI is InChI=1S/C11H7BrClIN2/c12-7-1-4-11(15-6-7)16-10-3-2-8(14)5-9(10)13/h1-6H,(H,15,16). The van der Waals surface area contributed by atoms with Gasteiger partial charge in [-0.3, -0.25) is 0 Å². The van der Waals surface area contributed by atoms with Crippen LogP contribution in [0.25, 0.3) is 0 Å². The van der Waals surface area contributed by atoms with Crippen LogP contribution in [-0.4, -0.2) is 4.98 Å². The van der Waals surface area contributed by atoms with E-state index < -0.39 is 0 Å². The zero-order valence-electron chi connectivity index (χ0n) is 8.05. The molecule has 2 aromatic rings. The molecule has 0 bridgehead atoms.